The second-order valence-corrected chi connectivity index (χ2v) is 9.49. The highest BCUT2D eigenvalue weighted by molar-refractivity contribution is 6.11. The van der Waals surface area contributed by atoms with E-state index in [2.05, 4.69) is 0 Å². The second kappa shape index (κ2) is 15.3. The molecule has 3 aromatic rings. The molecule has 2 atom stereocenters. The van der Waals surface area contributed by atoms with Gasteiger partial charge in [-0.3, -0.25) is 9.59 Å². The lowest BCUT2D eigenvalue weighted by atomic mass is 9.99. The number of aryl methyl sites for hydroxylation is 1. The third-order valence-electron chi connectivity index (χ3n) is 5.88. The SMILES string of the molecule is CCCOCC(COc1c2ccccc2c(OCC(COCCC)OC(C)=O)c2cc(C)ccc12)OC(C)=O. The van der Waals surface area contributed by atoms with Gasteiger partial charge in [-0.25, -0.2) is 0 Å². The van der Waals surface area contributed by atoms with Crippen molar-refractivity contribution in [1.82, 2.24) is 0 Å². The summed E-state index contributed by atoms with van der Waals surface area (Å²) < 4.78 is 34.9. The molecule has 0 spiro atoms. The molecule has 8 heteroatoms. The van der Waals surface area contributed by atoms with Gasteiger partial charge in [0, 0.05) is 48.6 Å². The highest BCUT2D eigenvalue weighted by Gasteiger charge is 2.21. The molecule has 3 aromatic carbocycles. The summed E-state index contributed by atoms with van der Waals surface area (Å²) in [7, 11) is 0. The number of benzene rings is 3. The van der Waals surface area contributed by atoms with Crippen LogP contribution in [0.15, 0.2) is 42.5 Å². The van der Waals surface area contributed by atoms with E-state index in [9.17, 15) is 9.59 Å². The number of carbonyl (C=O) groups excluding carboxylic acids is 2. The first-order chi connectivity index (χ1) is 18.8. The minimum atomic E-state index is -0.545. The van der Waals surface area contributed by atoms with Crippen LogP contribution in [0.1, 0.15) is 46.1 Å². The van der Waals surface area contributed by atoms with Gasteiger partial charge in [-0.05, 0) is 25.8 Å². The summed E-state index contributed by atoms with van der Waals surface area (Å²) in [6.45, 7) is 10.7. The van der Waals surface area contributed by atoms with Crippen LogP contribution in [0.25, 0.3) is 21.5 Å². The summed E-state index contributed by atoms with van der Waals surface area (Å²) in [6.07, 6.45) is 0.646. The van der Waals surface area contributed by atoms with Gasteiger partial charge < -0.3 is 28.4 Å². The van der Waals surface area contributed by atoms with Crippen LogP contribution in [0.4, 0.5) is 0 Å². The first-order valence-corrected chi connectivity index (χ1v) is 13.5. The molecule has 0 heterocycles. The summed E-state index contributed by atoms with van der Waals surface area (Å²) in [5, 5.41) is 3.43. The zero-order valence-corrected chi connectivity index (χ0v) is 23.6. The molecule has 0 aliphatic heterocycles. The molecule has 0 bridgehead atoms. The molecule has 0 amide bonds. The number of carbonyl (C=O) groups is 2. The molecule has 3 rings (SSSR count). The maximum Gasteiger partial charge on any atom is 0.303 e. The van der Waals surface area contributed by atoms with E-state index >= 15 is 0 Å². The minimum Gasteiger partial charge on any atom is -0.488 e. The highest BCUT2D eigenvalue weighted by atomic mass is 16.6. The fourth-order valence-electron chi connectivity index (χ4n) is 4.30. The Hall–Kier alpha value is -3.36. The molecule has 2 unspecified atom stereocenters. The number of fused-ring (bicyclic) bond motifs is 2. The normalized spacial score (nSPS) is 12.7. The molecule has 212 valence electrons. The Morgan fingerprint density at radius 2 is 1.13 bits per heavy atom. The van der Waals surface area contributed by atoms with Crippen molar-refractivity contribution in [1.29, 1.82) is 0 Å². The van der Waals surface area contributed by atoms with Gasteiger partial charge in [0.1, 0.15) is 24.7 Å². The van der Waals surface area contributed by atoms with Crippen molar-refractivity contribution in [3.63, 3.8) is 0 Å². The van der Waals surface area contributed by atoms with Crippen LogP contribution in [-0.2, 0) is 28.5 Å². The smallest absolute Gasteiger partial charge is 0.303 e. The Bertz CT molecular complexity index is 1240. The number of ether oxygens (including phenoxy) is 6. The molecular formula is C31H40O8. The molecule has 0 saturated carbocycles. The van der Waals surface area contributed by atoms with Gasteiger partial charge in [-0.2, -0.15) is 0 Å². The van der Waals surface area contributed by atoms with Gasteiger partial charge in [0.15, 0.2) is 12.2 Å². The summed E-state index contributed by atoms with van der Waals surface area (Å²) in [6, 6.07) is 13.9. The Morgan fingerprint density at radius 3 is 1.59 bits per heavy atom. The van der Waals surface area contributed by atoms with E-state index in [1.165, 1.54) is 13.8 Å². The van der Waals surface area contributed by atoms with Crippen LogP contribution in [0.5, 0.6) is 11.5 Å². The van der Waals surface area contributed by atoms with Crippen LogP contribution >= 0.6 is 0 Å². The van der Waals surface area contributed by atoms with E-state index in [0.717, 1.165) is 39.9 Å². The molecular weight excluding hydrogens is 500 g/mol. The zero-order chi connectivity index (χ0) is 28.2. The standard InChI is InChI=1S/C31H40O8/c1-6-14-34-17-24(38-22(4)32)19-36-30-26-10-8-9-11-27(26)31(29-16-21(3)12-13-28(29)30)37-20-25(39-23(5)33)18-35-15-7-2/h8-13,16,24-25H,6-7,14-15,17-20H2,1-5H3. The molecule has 0 radical (unpaired) electrons. The van der Waals surface area contributed by atoms with Gasteiger partial charge in [0.2, 0.25) is 0 Å². The van der Waals surface area contributed by atoms with Gasteiger partial charge in [0.25, 0.3) is 0 Å². The largest absolute Gasteiger partial charge is 0.488 e. The van der Waals surface area contributed by atoms with Crippen molar-refractivity contribution >= 4 is 33.5 Å². The van der Waals surface area contributed by atoms with Crippen LogP contribution < -0.4 is 9.47 Å². The predicted molar refractivity (Wildman–Crippen MR) is 151 cm³/mol. The molecule has 0 aromatic heterocycles. The Kier molecular flexibility index (Phi) is 11.8. The highest BCUT2D eigenvalue weighted by Crippen LogP contribution is 2.43. The Morgan fingerprint density at radius 1 is 0.667 bits per heavy atom. The molecule has 0 aliphatic carbocycles. The third kappa shape index (κ3) is 8.83. The Balaban J connectivity index is 1.98. The van der Waals surface area contributed by atoms with Crippen molar-refractivity contribution in [2.75, 3.05) is 39.6 Å². The van der Waals surface area contributed by atoms with Crippen molar-refractivity contribution in [2.45, 2.75) is 59.7 Å². The number of rotatable bonds is 16. The number of esters is 2. The number of hydrogen-bond donors (Lipinski definition) is 0. The molecule has 8 nitrogen and oxygen atoms in total. The zero-order valence-electron chi connectivity index (χ0n) is 23.6. The van der Waals surface area contributed by atoms with Crippen molar-refractivity contribution in [2.24, 2.45) is 0 Å². The lowest BCUT2D eigenvalue weighted by molar-refractivity contribution is -0.152. The van der Waals surface area contributed by atoms with Gasteiger partial charge in [-0.15, -0.1) is 0 Å². The predicted octanol–water partition coefficient (Wildman–Crippen LogP) is 5.78. The van der Waals surface area contributed by atoms with Gasteiger partial charge in [-0.1, -0.05) is 55.8 Å². The van der Waals surface area contributed by atoms with E-state index in [1.54, 1.807) is 0 Å². The van der Waals surface area contributed by atoms with E-state index in [-0.39, 0.29) is 38.4 Å². The van der Waals surface area contributed by atoms with Crippen molar-refractivity contribution in [3.05, 3.63) is 48.0 Å². The van der Waals surface area contributed by atoms with Crippen LogP contribution in [-0.4, -0.2) is 63.8 Å². The number of hydrogen-bond acceptors (Lipinski definition) is 8. The Labute approximate surface area is 230 Å². The van der Waals surface area contributed by atoms with E-state index in [0.29, 0.717) is 24.7 Å². The van der Waals surface area contributed by atoms with Crippen molar-refractivity contribution < 1.29 is 38.0 Å². The average molecular weight is 541 g/mol. The third-order valence-corrected chi connectivity index (χ3v) is 5.88. The molecule has 0 N–H and O–H groups in total. The van der Waals surface area contributed by atoms with Gasteiger partial charge in [0.05, 0.1) is 13.2 Å². The fourth-order valence-corrected chi connectivity index (χ4v) is 4.30. The minimum absolute atomic E-state index is 0.139. The summed E-state index contributed by atoms with van der Waals surface area (Å²) in [5.41, 5.74) is 1.06. The molecule has 0 saturated heterocycles. The summed E-state index contributed by atoms with van der Waals surface area (Å²) in [4.78, 5) is 23.4. The summed E-state index contributed by atoms with van der Waals surface area (Å²) >= 11 is 0. The first kappa shape index (κ1) is 30.2. The molecule has 39 heavy (non-hydrogen) atoms. The first-order valence-electron chi connectivity index (χ1n) is 13.5. The van der Waals surface area contributed by atoms with Crippen molar-refractivity contribution in [3.8, 4) is 11.5 Å². The van der Waals surface area contributed by atoms with E-state index in [4.69, 9.17) is 28.4 Å². The van der Waals surface area contributed by atoms with Crippen LogP contribution in [0, 0.1) is 6.92 Å². The topological polar surface area (TPSA) is 89.5 Å². The molecule has 0 fully saturated rings. The molecule has 0 aliphatic rings. The fraction of sp³-hybridized carbons (Fsp3) is 0.484. The van der Waals surface area contributed by atoms with E-state index < -0.39 is 12.2 Å². The average Bonchev–Trinajstić information content (AvgIpc) is 2.89. The lowest BCUT2D eigenvalue weighted by Crippen LogP contribution is -2.29. The van der Waals surface area contributed by atoms with E-state index in [1.807, 2.05) is 63.2 Å². The second-order valence-electron chi connectivity index (χ2n) is 9.49. The van der Waals surface area contributed by atoms with Crippen LogP contribution in [0.3, 0.4) is 0 Å². The monoisotopic (exact) mass is 540 g/mol. The van der Waals surface area contributed by atoms with Crippen LogP contribution in [0.2, 0.25) is 0 Å². The maximum atomic E-state index is 11.7. The quantitative estimate of drug-likeness (QED) is 0.128. The van der Waals surface area contributed by atoms with Gasteiger partial charge >= 0.3 is 11.9 Å². The lowest BCUT2D eigenvalue weighted by Gasteiger charge is -2.22. The summed E-state index contributed by atoms with van der Waals surface area (Å²) in [5.74, 6) is 0.571. The maximum absolute atomic E-state index is 11.7.